The lowest BCUT2D eigenvalue weighted by atomic mass is 9.98. The summed E-state index contributed by atoms with van der Waals surface area (Å²) in [7, 11) is 0. The first-order chi connectivity index (χ1) is 9.80. The number of aliphatic hydroxyl groups is 1. The Hall–Kier alpha value is -1.36. The van der Waals surface area contributed by atoms with Crippen molar-refractivity contribution in [3.63, 3.8) is 0 Å². The first-order valence-corrected chi connectivity index (χ1v) is 7.78. The van der Waals surface area contributed by atoms with Crippen LogP contribution < -0.4 is 10.2 Å². The Morgan fingerprint density at radius 1 is 1.25 bits per heavy atom. The van der Waals surface area contributed by atoms with Crippen LogP contribution in [-0.4, -0.2) is 41.3 Å². The molecule has 0 unspecified atom stereocenters. The molecule has 2 N–H and O–H groups in total. The second-order valence-corrected chi connectivity index (χ2v) is 5.89. The van der Waals surface area contributed by atoms with E-state index in [-0.39, 0.29) is 0 Å². The lowest BCUT2D eigenvalue weighted by Crippen LogP contribution is -2.35. The van der Waals surface area contributed by atoms with Gasteiger partial charge in [0.2, 0.25) is 0 Å². The fourth-order valence-corrected chi connectivity index (χ4v) is 2.76. The van der Waals surface area contributed by atoms with E-state index < -0.39 is 0 Å². The summed E-state index contributed by atoms with van der Waals surface area (Å²) in [5.74, 6) is 4.03. The molecule has 0 aromatic carbocycles. The Balaban J connectivity index is 1.77. The number of aliphatic hydroxyl groups excluding tert-OH is 1. The number of nitrogens with one attached hydrogen (secondary N) is 1. The molecule has 2 aliphatic rings. The zero-order valence-corrected chi connectivity index (χ0v) is 12.2. The third-order valence-electron chi connectivity index (χ3n) is 4.23. The maximum absolute atomic E-state index is 9.23. The van der Waals surface area contributed by atoms with Crippen molar-refractivity contribution in [2.24, 2.45) is 5.92 Å². The molecule has 1 aliphatic carbocycles. The predicted molar refractivity (Wildman–Crippen MR) is 80.2 cm³/mol. The van der Waals surface area contributed by atoms with Crippen LogP contribution in [0.1, 0.15) is 44.3 Å². The molecule has 0 radical (unpaired) electrons. The number of rotatable bonds is 5. The lowest BCUT2D eigenvalue weighted by molar-refractivity contribution is 0.203. The summed E-state index contributed by atoms with van der Waals surface area (Å²) >= 11 is 0. The van der Waals surface area contributed by atoms with Crippen molar-refractivity contribution in [1.29, 1.82) is 0 Å². The molecule has 1 saturated carbocycles. The van der Waals surface area contributed by atoms with E-state index in [4.69, 9.17) is 4.98 Å². The van der Waals surface area contributed by atoms with Gasteiger partial charge in [-0.2, -0.15) is 0 Å². The van der Waals surface area contributed by atoms with Crippen LogP contribution in [-0.2, 0) is 0 Å². The van der Waals surface area contributed by atoms with Crippen LogP contribution in [0.4, 0.5) is 11.6 Å². The number of aromatic nitrogens is 2. The first-order valence-electron chi connectivity index (χ1n) is 7.78. The molecule has 0 bridgehead atoms. The summed E-state index contributed by atoms with van der Waals surface area (Å²) in [4.78, 5) is 11.7. The largest absolute Gasteiger partial charge is 0.396 e. The van der Waals surface area contributed by atoms with Gasteiger partial charge < -0.3 is 15.3 Å². The van der Waals surface area contributed by atoms with Gasteiger partial charge in [-0.05, 0) is 38.5 Å². The molecule has 5 nitrogen and oxygen atoms in total. The molecular weight excluding hydrogens is 252 g/mol. The van der Waals surface area contributed by atoms with E-state index in [0.29, 0.717) is 18.4 Å². The summed E-state index contributed by atoms with van der Waals surface area (Å²) in [6.07, 6.45) is 4.55. The van der Waals surface area contributed by atoms with E-state index in [1.54, 1.807) is 0 Å². The summed E-state index contributed by atoms with van der Waals surface area (Å²) in [6.45, 7) is 5.25. The van der Waals surface area contributed by atoms with Gasteiger partial charge in [0.15, 0.2) is 0 Å². The van der Waals surface area contributed by atoms with E-state index in [1.165, 1.54) is 12.8 Å². The predicted octanol–water partition coefficient (Wildman–Crippen LogP) is 1.99. The highest BCUT2D eigenvalue weighted by molar-refractivity contribution is 5.50. The van der Waals surface area contributed by atoms with Crippen LogP contribution in [0.5, 0.6) is 0 Å². The van der Waals surface area contributed by atoms with Gasteiger partial charge in [0.05, 0.1) is 0 Å². The highest BCUT2D eigenvalue weighted by Gasteiger charge is 2.28. The molecule has 1 aliphatic heterocycles. The van der Waals surface area contributed by atoms with Crippen LogP contribution in [0.25, 0.3) is 0 Å². The molecule has 1 saturated heterocycles. The van der Waals surface area contributed by atoms with E-state index in [1.807, 2.05) is 0 Å². The first kappa shape index (κ1) is 13.6. The fraction of sp³-hybridized carbons (Fsp3) is 0.733. The summed E-state index contributed by atoms with van der Waals surface area (Å²) in [6, 6.07) is 2.06. The Morgan fingerprint density at radius 2 is 2.00 bits per heavy atom. The standard InChI is InChI=1S/C15H24N4O/c1-2-16-13-9-14(18-15(17-13)12-3-4-12)19-7-5-11(10-20)6-8-19/h9,11-12,20H,2-8,10H2,1H3,(H,16,17,18). The zero-order valence-electron chi connectivity index (χ0n) is 12.2. The van der Waals surface area contributed by atoms with Crippen LogP contribution >= 0.6 is 0 Å². The Bertz CT molecular complexity index is 453. The highest BCUT2D eigenvalue weighted by Crippen LogP contribution is 2.39. The summed E-state index contributed by atoms with van der Waals surface area (Å²) in [5.41, 5.74) is 0. The molecule has 5 heteroatoms. The molecule has 1 aromatic heterocycles. The van der Waals surface area contributed by atoms with E-state index in [2.05, 4.69) is 28.2 Å². The average Bonchev–Trinajstić information content (AvgIpc) is 3.32. The van der Waals surface area contributed by atoms with Gasteiger partial charge in [-0.25, -0.2) is 9.97 Å². The molecule has 110 valence electrons. The van der Waals surface area contributed by atoms with Crippen LogP contribution in [0, 0.1) is 5.92 Å². The number of hydrogen-bond acceptors (Lipinski definition) is 5. The monoisotopic (exact) mass is 276 g/mol. The smallest absolute Gasteiger partial charge is 0.136 e. The molecular formula is C15H24N4O. The topological polar surface area (TPSA) is 61.3 Å². The minimum absolute atomic E-state index is 0.313. The number of nitrogens with zero attached hydrogens (tertiary/aromatic N) is 3. The van der Waals surface area contributed by atoms with Crippen LogP contribution in [0.15, 0.2) is 6.07 Å². The molecule has 2 fully saturated rings. The fourth-order valence-electron chi connectivity index (χ4n) is 2.76. The van der Waals surface area contributed by atoms with Gasteiger partial charge in [-0.1, -0.05) is 0 Å². The van der Waals surface area contributed by atoms with Crippen molar-refractivity contribution in [1.82, 2.24) is 9.97 Å². The zero-order chi connectivity index (χ0) is 13.9. The third kappa shape index (κ3) is 3.03. The Morgan fingerprint density at radius 3 is 2.60 bits per heavy atom. The molecule has 0 atom stereocenters. The molecule has 2 heterocycles. The van der Waals surface area contributed by atoms with Crippen molar-refractivity contribution < 1.29 is 5.11 Å². The minimum atomic E-state index is 0.313. The van der Waals surface area contributed by atoms with Gasteiger partial charge >= 0.3 is 0 Å². The minimum Gasteiger partial charge on any atom is -0.396 e. The number of hydrogen-bond donors (Lipinski definition) is 2. The van der Waals surface area contributed by atoms with Gasteiger partial charge in [0.25, 0.3) is 0 Å². The quantitative estimate of drug-likeness (QED) is 0.861. The van der Waals surface area contributed by atoms with Crippen LogP contribution in [0.2, 0.25) is 0 Å². The van der Waals surface area contributed by atoms with Gasteiger partial charge in [-0.15, -0.1) is 0 Å². The van der Waals surface area contributed by atoms with Gasteiger partial charge in [0.1, 0.15) is 17.5 Å². The molecule has 0 amide bonds. The second-order valence-electron chi connectivity index (χ2n) is 5.89. The molecule has 0 spiro atoms. The van der Waals surface area contributed by atoms with E-state index in [9.17, 15) is 5.11 Å². The van der Waals surface area contributed by atoms with Crippen molar-refractivity contribution in [2.45, 2.75) is 38.5 Å². The summed E-state index contributed by atoms with van der Waals surface area (Å²) < 4.78 is 0. The van der Waals surface area contributed by atoms with Gasteiger partial charge in [0, 0.05) is 38.2 Å². The lowest BCUT2D eigenvalue weighted by Gasteiger charge is -2.32. The number of piperidine rings is 1. The van der Waals surface area contributed by atoms with Crippen molar-refractivity contribution in [2.75, 3.05) is 36.5 Å². The van der Waals surface area contributed by atoms with Crippen molar-refractivity contribution >= 4 is 11.6 Å². The maximum atomic E-state index is 9.23. The van der Waals surface area contributed by atoms with Crippen LogP contribution in [0.3, 0.4) is 0 Å². The average molecular weight is 276 g/mol. The molecule has 20 heavy (non-hydrogen) atoms. The number of anilines is 2. The normalized spacial score (nSPS) is 20.2. The Kier molecular flexibility index (Phi) is 4.05. The molecule has 3 rings (SSSR count). The van der Waals surface area contributed by atoms with E-state index >= 15 is 0 Å². The third-order valence-corrected chi connectivity index (χ3v) is 4.23. The highest BCUT2D eigenvalue weighted by atomic mass is 16.3. The van der Waals surface area contributed by atoms with Crippen molar-refractivity contribution in [3.05, 3.63) is 11.9 Å². The maximum Gasteiger partial charge on any atom is 0.136 e. The Labute approximate surface area is 120 Å². The SMILES string of the molecule is CCNc1cc(N2CCC(CO)CC2)nc(C2CC2)n1. The second kappa shape index (κ2) is 5.95. The summed E-state index contributed by atoms with van der Waals surface area (Å²) in [5, 5.41) is 12.5. The van der Waals surface area contributed by atoms with Gasteiger partial charge in [-0.3, -0.25) is 0 Å². The van der Waals surface area contributed by atoms with E-state index in [0.717, 1.165) is 49.9 Å². The molecule has 1 aromatic rings. The van der Waals surface area contributed by atoms with Crippen molar-refractivity contribution in [3.8, 4) is 0 Å².